The van der Waals surface area contributed by atoms with Gasteiger partial charge in [0.25, 0.3) is 0 Å². The van der Waals surface area contributed by atoms with Crippen molar-refractivity contribution in [2.24, 2.45) is 5.92 Å². The first-order valence-electron chi connectivity index (χ1n) is 7.71. The van der Waals surface area contributed by atoms with Gasteiger partial charge in [0.15, 0.2) is 0 Å². The Kier molecular flexibility index (Phi) is 4.13. The summed E-state index contributed by atoms with van der Waals surface area (Å²) in [5, 5.41) is 5.41. The van der Waals surface area contributed by atoms with Gasteiger partial charge in [-0.25, -0.2) is 0 Å². The highest BCUT2D eigenvalue weighted by molar-refractivity contribution is 7.10. The number of hydrogen-bond acceptors (Lipinski definition) is 3. The topological polar surface area (TPSA) is 32.3 Å². The van der Waals surface area contributed by atoms with Crippen LogP contribution in [-0.4, -0.2) is 36.0 Å². The average molecular weight is 292 g/mol. The fourth-order valence-electron chi connectivity index (χ4n) is 3.07. The number of carbonyl (C=O) groups is 1. The van der Waals surface area contributed by atoms with Gasteiger partial charge in [0.1, 0.15) is 0 Å². The van der Waals surface area contributed by atoms with Crippen molar-refractivity contribution in [3.05, 3.63) is 22.4 Å². The Morgan fingerprint density at radius 1 is 1.40 bits per heavy atom. The van der Waals surface area contributed by atoms with E-state index in [9.17, 15) is 4.79 Å². The summed E-state index contributed by atoms with van der Waals surface area (Å²) in [6, 6.07) is 5.47. The minimum atomic E-state index is 0.0755. The average Bonchev–Trinajstić information content (AvgIpc) is 3.13. The van der Waals surface area contributed by atoms with Crippen molar-refractivity contribution in [2.75, 3.05) is 13.1 Å². The fourth-order valence-corrected chi connectivity index (χ4v) is 3.91. The van der Waals surface area contributed by atoms with E-state index in [0.717, 1.165) is 19.0 Å². The molecule has 1 aliphatic carbocycles. The van der Waals surface area contributed by atoms with Crippen LogP contribution < -0.4 is 5.32 Å². The van der Waals surface area contributed by atoms with Crippen LogP contribution in [0.2, 0.25) is 0 Å². The smallest absolute Gasteiger partial charge is 0.222 e. The van der Waals surface area contributed by atoms with E-state index in [4.69, 9.17) is 0 Å². The number of amides is 1. The fraction of sp³-hybridized carbons (Fsp3) is 0.688. The summed E-state index contributed by atoms with van der Waals surface area (Å²) in [5.41, 5.74) is 0. The van der Waals surface area contributed by atoms with E-state index in [1.807, 2.05) is 25.2 Å². The maximum atomic E-state index is 12.0. The highest BCUT2D eigenvalue weighted by atomic mass is 32.1. The first kappa shape index (κ1) is 14.1. The van der Waals surface area contributed by atoms with Crippen molar-refractivity contribution in [3.8, 4) is 0 Å². The second kappa shape index (κ2) is 5.86. The highest BCUT2D eigenvalue weighted by Gasteiger charge is 2.37. The van der Waals surface area contributed by atoms with Crippen molar-refractivity contribution < 1.29 is 4.79 Å². The number of carbonyl (C=O) groups excluding carboxylic acids is 1. The Balaban J connectivity index is 1.68. The number of thiophene rings is 1. The van der Waals surface area contributed by atoms with E-state index in [0.29, 0.717) is 12.0 Å². The molecule has 1 N–H and O–H groups in total. The third-order valence-electron chi connectivity index (χ3n) is 4.36. The van der Waals surface area contributed by atoms with Gasteiger partial charge in [-0.1, -0.05) is 19.9 Å². The molecule has 0 spiro atoms. The summed E-state index contributed by atoms with van der Waals surface area (Å²) in [4.78, 5) is 16.0. The molecule has 110 valence electrons. The molecule has 3 nitrogen and oxygen atoms in total. The van der Waals surface area contributed by atoms with Crippen LogP contribution >= 0.6 is 11.3 Å². The summed E-state index contributed by atoms with van der Waals surface area (Å²) in [7, 11) is 0. The molecule has 0 aromatic carbocycles. The maximum Gasteiger partial charge on any atom is 0.222 e. The molecule has 2 unspecified atom stereocenters. The third-order valence-corrected chi connectivity index (χ3v) is 5.39. The highest BCUT2D eigenvalue weighted by Crippen LogP contribution is 2.36. The van der Waals surface area contributed by atoms with Gasteiger partial charge in [0.2, 0.25) is 5.91 Å². The lowest BCUT2D eigenvalue weighted by atomic mass is 9.92. The number of piperidine rings is 1. The van der Waals surface area contributed by atoms with E-state index in [2.05, 4.69) is 27.7 Å². The van der Waals surface area contributed by atoms with Crippen LogP contribution in [0.15, 0.2) is 17.5 Å². The van der Waals surface area contributed by atoms with Crippen LogP contribution in [0.4, 0.5) is 0 Å². The lowest BCUT2D eigenvalue weighted by Crippen LogP contribution is -2.51. The van der Waals surface area contributed by atoms with Crippen molar-refractivity contribution in [1.29, 1.82) is 0 Å². The Labute approximate surface area is 125 Å². The van der Waals surface area contributed by atoms with Gasteiger partial charge in [-0.2, -0.15) is 0 Å². The van der Waals surface area contributed by atoms with Crippen LogP contribution in [0, 0.1) is 5.92 Å². The number of likely N-dealkylation sites (tertiary alicyclic amines) is 1. The van der Waals surface area contributed by atoms with E-state index in [1.54, 1.807) is 0 Å². The molecular formula is C16H24N2OS. The molecule has 2 fully saturated rings. The normalized spacial score (nSPS) is 27.8. The molecule has 0 radical (unpaired) electrons. The lowest BCUT2D eigenvalue weighted by Gasteiger charge is -2.38. The summed E-state index contributed by atoms with van der Waals surface area (Å²) in [5.74, 6) is 0.853. The molecule has 2 aliphatic rings. The standard InChI is InChI=1S/C16H24N2OS/c1-11(2)16(19)17-13-8-12(15-4-3-7-20-15)9-18(10-13)14-5-6-14/h3-4,7,11-14H,5-6,8-10H2,1-2H3,(H,17,19). The molecule has 3 rings (SSSR count). The SMILES string of the molecule is CC(C)C(=O)NC1CC(c2cccs2)CN(C2CC2)C1. The van der Waals surface area contributed by atoms with Gasteiger partial charge in [0, 0.05) is 41.9 Å². The molecule has 1 aliphatic heterocycles. The van der Waals surface area contributed by atoms with Gasteiger partial charge in [-0.15, -0.1) is 11.3 Å². The largest absolute Gasteiger partial charge is 0.352 e. The van der Waals surface area contributed by atoms with Crippen molar-refractivity contribution in [1.82, 2.24) is 10.2 Å². The zero-order valence-corrected chi connectivity index (χ0v) is 13.2. The maximum absolute atomic E-state index is 12.0. The van der Waals surface area contributed by atoms with Gasteiger partial charge in [0.05, 0.1) is 0 Å². The van der Waals surface area contributed by atoms with Gasteiger partial charge in [-0.3, -0.25) is 9.69 Å². The van der Waals surface area contributed by atoms with Crippen LogP contribution in [0.5, 0.6) is 0 Å². The Morgan fingerprint density at radius 3 is 2.80 bits per heavy atom. The van der Waals surface area contributed by atoms with Crippen molar-refractivity contribution >= 4 is 17.2 Å². The van der Waals surface area contributed by atoms with E-state index in [1.165, 1.54) is 24.3 Å². The van der Waals surface area contributed by atoms with Crippen LogP contribution in [0.25, 0.3) is 0 Å². The molecule has 2 atom stereocenters. The summed E-state index contributed by atoms with van der Waals surface area (Å²) >= 11 is 1.85. The van der Waals surface area contributed by atoms with Gasteiger partial charge in [-0.05, 0) is 30.7 Å². The zero-order valence-electron chi connectivity index (χ0n) is 12.3. The first-order valence-corrected chi connectivity index (χ1v) is 8.59. The van der Waals surface area contributed by atoms with Crippen LogP contribution in [0.1, 0.15) is 43.9 Å². The Bertz CT molecular complexity index is 453. The molecule has 1 amide bonds. The minimum Gasteiger partial charge on any atom is -0.352 e. The molecule has 1 aromatic rings. The molecule has 4 heteroatoms. The van der Waals surface area contributed by atoms with Crippen molar-refractivity contribution in [3.63, 3.8) is 0 Å². The second-order valence-corrected chi connectivity index (χ2v) is 7.47. The molecule has 1 aromatic heterocycles. The Hall–Kier alpha value is -0.870. The molecule has 20 heavy (non-hydrogen) atoms. The summed E-state index contributed by atoms with van der Waals surface area (Å²) < 4.78 is 0. The minimum absolute atomic E-state index is 0.0755. The molecule has 1 saturated heterocycles. The summed E-state index contributed by atoms with van der Waals surface area (Å²) in [6.07, 6.45) is 3.76. The zero-order chi connectivity index (χ0) is 14.1. The van der Waals surface area contributed by atoms with Crippen molar-refractivity contribution in [2.45, 2.75) is 51.1 Å². The number of nitrogens with one attached hydrogen (secondary N) is 1. The first-order chi connectivity index (χ1) is 9.63. The predicted octanol–water partition coefficient (Wildman–Crippen LogP) is 2.84. The third kappa shape index (κ3) is 3.23. The molecule has 1 saturated carbocycles. The summed E-state index contributed by atoms with van der Waals surface area (Å²) in [6.45, 7) is 6.13. The molecule has 2 heterocycles. The predicted molar refractivity (Wildman–Crippen MR) is 83.0 cm³/mol. The Morgan fingerprint density at radius 2 is 2.20 bits per heavy atom. The number of rotatable bonds is 4. The number of hydrogen-bond donors (Lipinski definition) is 1. The lowest BCUT2D eigenvalue weighted by molar-refractivity contribution is -0.125. The van der Waals surface area contributed by atoms with E-state index < -0.39 is 0 Å². The quantitative estimate of drug-likeness (QED) is 0.925. The monoisotopic (exact) mass is 292 g/mol. The van der Waals surface area contributed by atoms with Crippen LogP contribution in [-0.2, 0) is 4.79 Å². The van der Waals surface area contributed by atoms with E-state index in [-0.39, 0.29) is 11.8 Å². The van der Waals surface area contributed by atoms with Gasteiger partial charge >= 0.3 is 0 Å². The molecular weight excluding hydrogens is 268 g/mol. The van der Waals surface area contributed by atoms with Gasteiger partial charge < -0.3 is 5.32 Å². The van der Waals surface area contributed by atoms with Crippen LogP contribution in [0.3, 0.4) is 0 Å². The second-order valence-electron chi connectivity index (χ2n) is 6.49. The van der Waals surface area contributed by atoms with E-state index >= 15 is 0 Å². The number of nitrogens with zero attached hydrogens (tertiary/aromatic N) is 1. The molecule has 0 bridgehead atoms.